The van der Waals surface area contributed by atoms with Crippen LogP contribution in [0.2, 0.25) is 0 Å². The van der Waals surface area contributed by atoms with E-state index in [0.717, 1.165) is 17.7 Å². The van der Waals surface area contributed by atoms with E-state index in [1.165, 1.54) is 17.8 Å². The molecule has 3 atom stereocenters. The molecule has 0 radical (unpaired) electrons. The number of nitrogens with one attached hydrogen (secondary N) is 1. The van der Waals surface area contributed by atoms with Gasteiger partial charge >= 0.3 is 0 Å². The number of benzene rings is 1. The lowest BCUT2D eigenvalue weighted by Crippen LogP contribution is -2.41. The Kier molecular flexibility index (Phi) is 6.30. The summed E-state index contributed by atoms with van der Waals surface area (Å²) in [5.41, 5.74) is 6.61. The van der Waals surface area contributed by atoms with Gasteiger partial charge in [-0.2, -0.15) is 0 Å². The van der Waals surface area contributed by atoms with Crippen molar-refractivity contribution < 1.29 is 9.18 Å². The zero-order valence-corrected chi connectivity index (χ0v) is 13.2. The molecule has 3 unspecified atom stereocenters. The van der Waals surface area contributed by atoms with E-state index in [2.05, 4.69) is 5.32 Å². The second kappa shape index (κ2) is 7.29. The zero-order chi connectivity index (χ0) is 14.0. The summed E-state index contributed by atoms with van der Waals surface area (Å²) in [5.74, 6) is 0.293. The Morgan fingerprint density at radius 1 is 1.50 bits per heavy atom. The molecule has 2 rings (SSSR count). The molecule has 1 aliphatic rings. The fourth-order valence-electron chi connectivity index (χ4n) is 2.08. The molecule has 1 amide bonds. The third-order valence-corrected chi connectivity index (χ3v) is 4.70. The number of nitrogens with two attached hydrogens (primary N) is 1. The zero-order valence-electron chi connectivity index (χ0n) is 11.6. The molecule has 0 saturated carbocycles. The molecule has 1 aromatic carbocycles. The normalized spacial score (nSPS) is 20.3. The minimum Gasteiger partial charge on any atom is -0.349 e. The summed E-state index contributed by atoms with van der Waals surface area (Å²) in [7, 11) is 0. The Morgan fingerprint density at radius 2 is 2.20 bits per heavy atom. The lowest BCUT2D eigenvalue weighted by Gasteiger charge is -2.28. The highest BCUT2D eigenvalue weighted by Crippen LogP contribution is 2.37. The summed E-state index contributed by atoms with van der Waals surface area (Å²) in [4.78, 5) is 12.7. The minimum atomic E-state index is -0.244. The SMILES string of the molecule is CC(N)C(C)C(=O)NC1CCSc2c(F)cccc21.Cl. The highest BCUT2D eigenvalue weighted by atomic mass is 35.5. The van der Waals surface area contributed by atoms with Crippen LogP contribution in [0.3, 0.4) is 0 Å². The molecule has 6 heteroatoms. The highest BCUT2D eigenvalue weighted by molar-refractivity contribution is 7.99. The summed E-state index contributed by atoms with van der Waals surface area (Å²) in [6.45, 7) is 3.62. The average molecular weight is 319 g/mol. The topological polar surface area (TPSA) is 55.1 Å². The Bertz CT molecular complexity index is 484. The largest absolute Gasteiger partial charge is 0.349 e. The van der Waals surface area contributed by atoms with Gasteiger partial charge in [0.1, 0.15) is 5.82 Å². The van der Waals surface area contributed by atoms with Crippen molar-refractivity contribution in [2.45, 2.75) is 37.2 Å². The van der Waals surface area contributed by atoms with Gasteiger partial charge in [0.2, 0.25) is 5.91 Å². The lowest BCUT2D eigenvalue weighted by atomic mass is 10.00. The standard InChI is InChI=1S/C14H19FN2OS.ClH/c1-8(9(2)16)14(18)17-12-6-7-19-13-10(12)4-3-5-11(13)15;/h3-5,8-9,12H,6-7,16H2,1-2H3,(H,17,18);1H. The molecule has 1 aromatic rings. The maximum atomic E-state index is 13.7. The van der Waals surface area contributed by atoms with Gasteiger partial charge in [0.15, 0.2) is 0 Å². The molecule has 0 aromatic heterocycles. The van der Waals surface area contributed by atoms with Gasteiger partial charge in [-0.05, 0) is 25.0 Å². The number of hydrogen-bond acceptors (Lipinski definition) is 3. The number of thioether (sulfide) groups is 1. The highest BCUT2D eigenvalue weighted by Gasteiger charge is 2.26. The van der Waals surface area contributed by atoms with E-state index in [4.69, 9.17) is 5.73 Å². The van der Waals surface area contributed by atoms with E-state index >= 15 is 0 Å². The fraction of sp³-hybridized carbons (Fsp3) is 0.500. The van der Waals surface area contributed by atoms with Crippen LogP contribution in [0.25, 0.3) is 0 Å². The molecule has 3 N–H and O–H groups in total. The molecule has 3 nitrogen and oxygen atoms in total. The van der Waals surface area contributed by atoms with E-state index < -0.39 is 0 Å². The van der Waals surface area contributed by atoms with E-state index in [-0.39, 0.29) is 42.1 Å². The van der Waals surface area contributed by atoms with Crippen molar-refractivity contribution in [3.63, 3.8) is 0 Å². The Morgan fingerprint density at radius 3 is 2.85 bits per heavy atom. The van der Waals surface area contributed by atoms with Gasteiger partial charge in [0.25, 0.3) is 0 Å². The van der Waals surface area contributed by atoms with Crippen molar-refractivity contribution in [2.24, 2.45) is 11.7 Å². The summed E-state index contributed by atoms with van der Waals surface area (Å²) >= 11 is 1.51. The van der Waals surface area contributed by atoms with Gasteiger partial charge in [-0.3, -0.25) is 4.79 Å². The summed E-state index contributed by atoms with van der Waals surface area (Å²) in [6.07, 6.45) is 0.818. The summed E-state index contributed by atoms with van der Waals surface area (Å²) in [5, 5.41) is 2.98. The van der Waals surface area contributed by atoms with Crippen molar-refractivity contribution in [1.82, 2.24) is 5.32 Å². The van der Waals surface area contributed by atoms with Crippen LogP contribution in [0.4, 0.5) is 4.39 Å². The average Bonchev–Trinajstić information content (AvgIpc) is 2.39. The van der Waals surface area contributed by atoms with Gasteiger partial charge < -0.3 is 11.1 Å². The second-order valence-electron chi connectivity index (χ2n) is 5.00. The lowest BCUT2D eigenvalue weighted by molar-refractivity contribution is -0.125. The fourth-order valence-corrected chi connectivity index (χ4v) is 3.22. The number of halogens is 2. The van der Waals surface area contributed by atoms with Gasteiger partial charge in [-0.15, -0.1) is 24.2 Å². The van der Waals surface area contributed by atoms with Crippen molar-refractivity contribution in [1.29, 1.82) is 0 Å². The molecule has 1 heterocycles. The Hall–Kier alpha value is -0.780. The van der Waals surface area contributed by atoms with Crippen LogP contribution in [-0.4, -0.2) is 17.7 Å². The van der Waals surface area contributed by atoms with Crippen LogP contribution in [0.15, 0.2) is 23.1 Å². The smallest absolute Gasteiger partial charge is 0.224 e. The van der Waals surface area contributed by atoms with Gasteiger partial charge in [0, 0.05) is 22.6 Å². The van der Waals surface area contributed by atoms with Crippen LogP contribution in [0.5, 0.6) is 0 Å². The maximum absolute atomic E-state index is 13.7. The number of carbonyl (C=O) groups is 1. The molecular weight excluding hydrogens is 299 g/mol. The number of hydrogen-bond donors (Lipinski definition) is 2. The third-order valence-electron chi connectivity index (χ3n) is 3.54. The first-order valence-electron chi connectivity index (χ1n) is 6.48. The van der Waals surface area contributed by atoms with Gasteiger partial charge in [-0.25, -0.2) is 4.39 Å². The predicted molar refractivity (Wildman–Crippen MR) is 82.7 cm³/mol. The Labute approximate surface area is 129 Å². The minimum absolute atomic E-state index is 0. The number of fused-ring (bicyclic) bond motifs is 1. The first-order chi connectivity index (χ1) is 9.00. The number of rotatable bonds is 3. The summed E-state index contributed by atoms with van der Waals surface area (Å²) < 4.78 is 13.7. The molecule has 0 fully saturated rings. The third kappa shape index (κ3) is 3.65. The second-order valence-corrected chi connectivity index (χ2v) is 6.11. The Balaban J connectivity index is 0.00000200. The molecule has 0 aliphatic carbocycles. The van der Waals surface area contributed by atoms with Crippen LogP contribution < -0.4 is 11.1 Å². The van der Waals surface area contributed by atoms with Crippen LogP contribution in [0.1, 0.15) is 31.9 Å². The molecule has 0 saturated heterocycles. The molecule has 0 spiro atoms. The van der Waals surface area contributed by atoms with Crippen LogP contribution in [0, 0.1) is 11.7 Å². The first-order valence-corrected chi connectivity index (χ1v) is 7.46. The predicted octanol–water partition coefficient (Wildman–Crippen LogP) is 2.88. The number of carbonyl (C=O) groups excluding carboxylic acids is 1. The summed E-state index contributed by atoms with van der Waals surface area (Å²) in [6, 6.07) is 4.73. The maximum Gasteiger partial charge on any atom is 0.224 e. The van der Waals surface area contributed by atoms with Crippen molar-refractivity contribution >= 4 is 30.1 Å². The molecule has 112 valence electrons. The molecule has 20 heavy (non-hydrogen) atoms. The van der Waals surface area contributed by atoms with Gasteiger partial charge in [0.05, 0.1) is 6.04 Å². The van der Waals surface area contributed by atoms with Gasteiger partial charge in [-0.1, -0.05) is 19.1 Å². The van der Waals surface area contributed by atoms with E-state index in [0.29, 0.717) is 4.90 Å². The van der Waals surface area contributed by atoms with Crippen molar-refractivity contribution in [3.8, 4) is 0 Å². The number of amides is 1. The van der Waals surface area contributed by atoms with E-state index in [1.54, 1.807) is 6.07 Å². The first kappa shape index (κ1) is 17.3. The van der Waals surface area contributed by atoms with Crippen molar-refractivity contribution in [2.75, 3.05) is 5.75 Å². The van der Waals surface area contributed by atoms with E-state index in [9.17, 15) is 9.18 Å². The monoisotopic (exact) mass is 318 g/mol. The molecular formula is C14H20ClFN2OS. The van der Waals surface area contributed by atoms with Crippen molar-refractivity contribution in [3.05, 3.63) is 29.6 Å². The molecule has 1 aliphatic heterocycles. The van der Waals surface area contributed by atoms with Crippen LogP contribution >= 0.6 is 24.2 Å². The quantitative estimate of drug-likeness (QED) is 0.901. The van der Waals surface area contributed by atoms with E-state index in [1.807, 2.05) is 19.9 Å². The molecule has 0 bridgehead atoms. The van der Waals surface area contributed by atoms with Crippen LogP contribution in [-0.2, 0) is 4.79 Å².